The Morgan fingerprint density at radius 3 is 2.14 bits per heavy atom. The van der Waals surface area contributed by atoms with Gasteiger partial charge in [0.15, 0.2) is 0 Å². The smallest absolute Gasteiger partial charge is 0.258 e. The molecule has 0 amide bonds. The molecule has 1 aromatic carbocycles. The Labute approximate surface area is 86.6 Å². The summed E-state index contributed by atoms with van der Waals surface area (Å²) in [6.07, 6.45) is 0. The molecule has 0 bridgehead atoms. The Bertz CT molecular complexity index is 380. The van der Waals surface area contributed by atoms with Gasteiger partial charge >= 0.3 is 0 Å². The van der Waals surface area contributed by atoms with Gasteiger partial charge in [0.1, 0.15) is 14.1 Å². The minimum atomic E-state index is -0.437. The largest absolute Gasteiger partial charge is 0.276 e. The molecule has 0 spiro atoms. The maximum absolute atomic E-state index is 10.4. The monoisotopic (exact) mass is 213 g/mol. The highest BCUT2D eigenvalue weighted by atomic mass is 35.5. The summed E-state index contributed by atoms with van der Waals surface area (Å²) in [4.78, 5) is 9.93. The molecule has 0 N–H and O–H groups in total. The normalized spacial score (nSPS) is 9.64. The first kappa shape index (κ1) is 10.7. The van der Waals surface area contributed by atoms with Crippen LogP contribution in [0.5, 0.6) is 0 Å². The number of halogens is 1. The van der Waals surface area contributed by atoms with Crippen molar-refractivity contribution in [3.05, 3.63) is 39.9 Å². The van der Waals surface area contributed by atoms with E-state index < -0.39 is 4.92 Å². The lowest BCUT2D eigenvalue weighted by Crippen LogP contribution is -2.08. The molecule has 4 nitrogen and oxygen atoms in total. The molecule has 14 heavy (non-hydrogen) atoms. The quantitative estimate of drug-likeness (QED) is 0.326. The number of non-ortho nitro benzene ring substituents is 1. The van der Waals surface area contributed by atoms with Gasteiger partial charge in [0.25, 0.3) is 10.9 Å². The fourth-order valence-corrected chi connectivity index (χ4v) is 1.10. The predicted molar refractivity (Wildman–Crippen MR) is 55.2 cm³/mol. The average Bonchev–Trinajstić information content (AvgIpc) is 2.16. The number of hydrogen-bond acceptors (Lipinski definition) is 2. The number of rotatable bonds is 2. The van der Waals surface area contributed by atoms with Gasteiger partial charge in [-0.15, -0.1) is 0 Å². The van der Waals surface area contributed by atoms with Crippen LogP contribution < -0.4 is 0 Å². The van der Waals surface area contributed by atoms with E-state index in [1.54, 1.807) is 16.7 Å². The first-order valence-corrected chi connectivity index (χ1v) is 4.35. The first-order chi connectivity index (χ1) is 6.52. The van der Waals surface area contributed by atoms with Crippen molar-refractivity contribution in [1.82, 2.24) is 0 Å². The molecule has 1 rings (SSSR count). The second kappa shape index (κ2) is 4.19. The summed E-state index contributed by atoms with van der Waals surface area (Å²) >= 11 is 5.95. The molecule has 1 aromatic rings. The van der Waals surface area contributed by atoms with Crippen LogP contribution in [0.3, 0.4) is 0 Å². The van der Waals surface area contributed by atoms with E-state index in [9.17, 15) is 10.1 Å². The van der Waals surface area contributed by atoms with Gasteiger partial charge in [-0.05, 0) is 23.7 Å². The minimum absolute atomic E-state index is 0.0666. The summed E-state index contributed by atoms with van der Waals surface area (Å²) < 4.78 is 1.74. The Hall–Kier alpha value is -1.42. The molecule has 0 fully saturated rings. The zero-order chi connectivity index (χ0) is 10.7. The predicted octanol–water partition coefficient (Wildman–Crippen LogP) is 1.85. The highest BCUT2D eigenvalue weighted by Gasteiger charge is 2.10. The summed E-state index contributed by atoms with van der Waals surface area (Å²) in [7, 11) is 3.62. The third-order valence-electron chi connectivity index (χ3n) is 1.71. The maximum atomic E-state index is 10.4. The van der Waals surface area contributed by atoms with Gasteiger partial charge in [-0.25, -0.2) is 4.58 Å². The van der Waals surface area contributed by atoms with E-state index in [1.165, 1.54) is 12.1 Å². The van der Waals surface area contributed by atoms with Crippen LogP contribution >= 0.6 is 11.6 Å². The fraction of sp³-hybridized carbons (Fsp3) is 0.222. The molecule has 0 saturated heterocycles. The van der Waals surface area contributed by atoms with E-state index in [-0.39, 0.29) is 5.69 Å². The van der Waals surface area contributed by atoms with Gasteiger partial charge in [-0.1, -0.05) is 0 Å². The van der Waals surface area contributed by atoms with Gasteiger partial charge < -0.3 is 0 Å². The second-order valence-electron chi connectivity index (χ2n) is 2.99. The molecule has 0 aliphatic carbocycles. The summed E-state index contributed by atoms with van der Waals surface area (Å²) in [5.41, 5.74) is 0.833. The van der Waals surface area contributed by atoms with Gasteiger partial charge in [0.2, 0.25) is 0 Å². The third-order valence-corrected chi connectivity index (χ3v) is 2.27. The first-order valence-electron chi connectivity index (χ1n) is 3.97. The SMILES string of the molecule is C[N+](C)=C(Cl)c1ccc([N+](=O)[O-])cc1. The van der Waals surface area contributed by atoms with E-state index in [2.05, 4.69) is 0 Å². The molecule has 5 heteroatoms. The lowest BCUT2D eigenvalue weighted by Gasteiger charge is -1.95. The molecule has 0 heterocycles. The zero-order valence-corrected chi connectivity index (χ0v) is 8.65. The Kier molecular flexibility index (Phi) is 3.19. The molecule has 0 aromatic heterocycles. The van der Waals surface area contributed by atoms with E-state index in [4.69, 9.17) is 11.6 Å². The van der Waals surface area contributed by atoms with Crippen LogP contribution in [0.1, 0.15) is 5.56 Å². The Morgan fingerprint density at radius 2 is 1.79 bits per heavy atom. The number of hydrogen-bond donors (Lipinski definition) is 0. The van der Waals surface area contributed by atoms with Gasteiger partial charge in [0, 0.05) is 12.1 Å². The summed E-state index contributed by atoms with van der Waals surface area (Å²) in [6, 6.07) is 6.11. The van der Waals surface area contributed by atoms with Gasteiger partial charge in [-0.2, -0.15) is 0 Å². The van der Waals surface area contributed by atoms with E-state index >= 15 is 0 Å². The van der Waals surface area contributed by atoms with Gasteiger partial charge in [-0.3, -0.25) is 10.1 Å². The molecule has 0 radical (unpaired) electrons. The highest BCUT2D eigenvalue weighted by molar-refractivity contribution is 6.68. The molecular weight excluding hydrogens is 204 g/mol. The van der Waals surface area contributed by atoms with E-state index in [1.807, 2.05) is 14.1 Å². The molecule has 0 aliphatic heterocycles. The fourth-order valence-electron chi connectivity index (χ4n) is 0.979. The standard InChI is InChI=1S/C9H10ClN2O2/c1-11(2)9(10)7-3-5-8(6-4-7)12(13)14/h3-6H,1-2H3/q+1. The molecule has 0 atom stereocenters. The summed E-state index contributed by atoms with van der Waals surface area (Å²) in [5.74, 6) is 0. The van der Waals surface area contributed by atoms with E-state index in [0.29, 0.717) is 5.17 Å². The zero-order valence-electron chi connectivity index (χ0n) is 7.90. The summed E-state index contributed by atoms with van der Waals surface area (Å²) in [5, 5.41) is 10.9. The Balaban J connectivity index is 3.06. The van der Waals surface area contributed by atoms with Crippen molar-refractivity contribution in [3.8, 4) is 0 Å². The lowest BCUT2D eigenvalue weighted by molar-refractivity contribution is -0.461. The van der Waals surface area contributed by atoms with Crippen LogP contribution in [-0.4, -0.2) is 28.8 Å². The van der Waals surface area contributed by atoms with Gasteiger partial charge in [0.05, 0.1) is 10.5 Å². The van der Waals surface area contributed by atoms with Crippen LogP contribution in [0.25, 0.3) is 0 Å². The lowest BCUT2D eigenvalue weighted by atomic mass is 10.2. The number of nitro benzene ring substituents is 1. The Morgan fingerprint density at radius 1 is 1.29 bits per heavy atom. The highest BCUT2D eigenvalue weighted by Crippen LogP contribution is 2.13. The number of nitro groups is 1. The van der Waals surface area contributed by atoms with Crippen molar-refractivity contribution in [3.63, 3.8) is 0 Å². The molecular formula is C9H10ClN2O2+. The van der Waals surface area contributed by atoms with Crippen LogP contribution in [-0.2, 0) is 0 Å². The molecule has 74 valence electrons. The molecule has 0 saturated carbocycles. The second-order valence-corrected chi connectivity index (χ2v) is 3.35. The van der Waals surface area contributed by atoms with Crippen LogP contribution in [0.4, 0.5) is 5.69 Å². The number of nitrogens with zero attached hydrogens (tertiary/aromatic N) is 2. The van der Waals surface area contributed by atoms with Crippen LogP contribution in [0, 0.1) is 10.1 Å². The molecule has 0 unspecified atom stereocenters. The number of benzene rings is 1. The average molecular weight is 214 g/mol. The maximum Gasteiger partial charge on any atom is 0.276 e. The van der Waals surface area contributed by atoms with E-state index in [0.717, 1.165) is 5.56 Å². The minimum Gasteiger partial charge on any atom is -0.258 e. The van der Waals surface area contributed by atoms with Crippen molar-refractivity contribution in [1.29, 1.82) is 0 Å². The topological polar surface area (TPSA) is 46.1 Å². The van der Waals surface area contributed by atoms with Crippen LogP contribution in [0.15, 0.2) is 24.3 Å². The molecule has 0 aliphatic rings. The van der Waals surface area contributed by atoms with Crippen molar-refractivity contribution < 1.29 is 9.50 Å². The van der Waals surface area contributed by atoms with Crippen molar-refractivity contribution >= 4 is 22.5 Å². The van der Waals surface area contributed by atoms with Crippen molar-refractivity contribution in [2.45, 2.75) is 0 Å². The van der Waals surface area contributed by atoms with Crippen LogP contribution in [0.2, 0.25) is 0 Å². The summed E-state index contributed by atoms with van der Waals surface area (Å²) in [6.45, 7) is 0. The van der Waals surface area contributed by atoms with Crippen molar-refractivity contribution in [2.24, 2.45) is 0 Å². The van der Waals surface area contributed by atoms with Crippen molar-refractivity contribution in [2.75, 3.05) is 14.1 Å². The third kappa shape index (κ3) is 2.29.